The zero-order valence-electron chi connectivity index (χ0n) is 10.6. The van der Waals surface area contributed by atoms with Crippen molar-refractivity contribution in [3.8, 4) is 0 Å². The van der Waals surface area contributed by atoms with Crippen LogP contribution in [0.4, 0.5) is 0 Å². The Morgan fingerprint density at radius 1 is 1.33 bits per heavy atom. The minimum atomic E-state index is -3.72. The normalized spacial score (nSPS) is 14.7. The molecule has 1 atom stereocenters. The van der Waals surface area contributed by atoms with Gasteiger partial charge in [-0.3, -0.25) is 0 Å². The van der Waals surface area contributed by atoms with E-state index in [2.05, 4.69) is 16.9 Å². The molecule has 0 bridgehead atoms. The molecule has 0 radical (unpaired) electrons. The molecule has 0 saturated heterocycles. The SMILES string of the molecule is CCC(C(N)=S)S(=O)(=O)NCCS(=O)(=O)N(C)C. The third-order valence-corrected chi connectivity index (χ3v) is 6.49. The Balaban J connectivity index is 4.60. The predicted molar refractivity (Wildman–Crippen MR) is 75.3 cm³/mol. The molecule has 0 aliphatic carbocycles. The maximum Gasteiger partial charge on any atom is 0.221 e. The van der Waals surface area contributed by atoms with Gasteiger partial charge in [0, 0.05) is 20.6 Å². The van der Waals surface area contributed by atoms with Gasteiger partial charge in [0.2, 0.25) is 20.0 Å². The van der Waals surface area contributed by atoms with Crippen LogP contribution in [-0.4, -0.2) is 57.8 Å². The van der Waals surface area contributed by atoms with Gasteiger partial charge in [0.25, 0.3) is 0 Å². The van der Waals surface area contributed by atoms with E-state index in [1.54, 1.807) is 6.92 Å². The van der Waals surface area contributed by atoms with Gasteiger partial charge < -0.3 is 5.73 Å². The third kappa shape index (κ3) is 5.14. The second kappa shape index (κ2) is 6.75. The molecule has 0 aliphatic rings. The van der Waals surface area contributed by atoms with Crippen molar-refractivity contribution in [2.24, 2.45) is 5.73 Å². The molecule has 18 heavy (non-hydrogen) atoms. The molecule has 108 valence electrons. The van der Waals surface area contributed by atoms with Gasteiger partial charge in [-0.15, -0.1) is 0 Å². The molecule has 0 aliphatic heterocycles. The number of nitrogens with two attached hydrogens (primary N) is 1. The van der Waals surface area contributed by atoms with Crippen LogP contribution in [0.3, 0.4) is 0 Å². The van der Waals surface area contributed by atoms with Crippen molar-refractivity contribution in [3.05, 3.63) is 0 Å². The Hall–Kier alpha value is -0.290. The maximum atomic E-state index is 11.8. The standard InChI is InChI=1S/C8H19N3O4S3/c1-4-7(8(9)16)18(14,15)10-5-6-17(12,13)11(2)3/h7,10H,4-6H2,1-3H3,(H2,9,16). The van der Waals surface area contributed by atoms with E-state index in [0.29, 0.717) is 0 Å². The highest BCUT2D eigenvalue weighted by atomic mass is 32.2. The zero-order chi connectivity index (χ0) is 14.6. The first-order valence-electron chi connectivity index (χ1n) is 5.22. The van der Waals surface area contributed by atoms with Gasteiger partial charge in [-0.2, -0.15) is 0 Å². The van der Waals surface area contributed by atoms with Gasteiger partial charge >= 0.3 is 0 Å². The number of nitrogens with zero attached hydrogens (tertiary/aromatic N) is 1. The van der Waals surface area contributed by atoms with Gasteiger partial charge in [-0.05, 0) is 6.42 Å². The molecular formula is C8H19N3O4S3. The zero-order valence-corrected chi connectivity index (χ0v) is 13.0. The van der Waals surface area contributed by atoms with Crippen molar-refractivity contribution >= 4 is 37.3 Å². The second-order valence-corrected chi connectivity index (χ2v) is 8.56. The summed E-state index contributed by atoms with van der Waals surface area (Å²) in [5, 5.41) is -0.977. The first kappa shape index (κ1) is 17.7. The summed E-state index contributed by atoms with van der Waals surface area (Å²) in [6.07, 6.45) is 0.241. The highest BCUT2D eigenvalue weighted by Gasteiger charge is 2.26. The van der Waals surface area contributed by atoms with Crippen LogP contribution < -0.4 is 10.5 Å². The first-order valence-corrected chi connectivity index (χ1v) is 8.79. The van der Waals surface area contributed by atoms with Crippen LogP contribution in [-0.2, 0) is 20.0 Å². The third-order valence-electron chi connectivity index (χ3n) is 2.28. The number of nitrogens with one attached hydrogen (secondary N) is 1. The van der Waals surface area contributed by atoms with Crippen molar-refractivity contribution in [1.82, 2.24) is 9.03 Å². The van der Waals surface area contributed by atoms with Gasteiger partial charge in [-0.1, -0.05) is 19.1 Å². The van der Waals surface area contributed by atoms with E-state index in [0.717, 1.165) is 4.31 Å². The molecule has 7 nitrogen and oxygen atoms in total. The van der Waals surface area contributed by atoms with Crippen LogP contribution in [0.2, 0.25) is 0 Å². The van der Waals surface area contributed by atoms with Crippen molar-refractivity contribution in [1.29, 1.82) is 0 Å². The summed E-state index contributed by atoms with van der Waals surface area (Å²) in [6, 6.07) is 0. The Kier molecular flexibility index (Phi) is 6.65. The highest BCUT2D eigenvalue weighted by molar-refractivity contribution is 7.93. The average molecular weight is 317 g/mol. The molecule has 0 heterocycles. The number of thiocarbonyl (C=S) groups is 1. The van der Waals surface area contributed by atoms with Crippen molar-refractivity contribution in [2.45, 2.75) is 18.6 Å². The van der Waals surface area contributed by atoms with Crippen LogP contribution in [0.1, 0.15) is 13.3 Å². The molecule has 1 unspecified atom stereocenters. The van der Waals surface area contributed by atoms with Crippen LogP contribution in [0.15, 0.2) is 0 Å². The summed E-state index contributed by atoms with van der Waals surface area (Å²) in [5.41, 5.74) is 5.32. The Morgan fingerprint density at radius 2 is 1.83 bits per heavy atom. The van der Waals surface area contributed by atoms with Gasteiger partial charge in [0.1, 0.15) is 5.25 Å². The fourth-order valence-electron chi connectivity index (χ4n) is 1.17. The molecule has 0 fully saturated rings. The number of hydrogen-bond acceptors (Lipinski definition) is 5. The van der Waals surface area contributed by atoms with Crippen LogP contribution >= 0.6 is 12.2 Å². The summed E-state index contributed by atoms with van der Waals surface area (Å²) >= 11 is 4.66. The number of sulfonamides is 2. The van der Waals surface area contributed by atoms with Crippen LogP contribution in [0.25, 0.3) is 0 Å². The molecule has 0 spiro atoms. The maximum absolute atomic E-state index is 11.8. The van der Waals surface area contributed by atoms with Gasteiger partial charge in [0.15, 0.2) is 0 Å². The van der Waals surface area contributed by atoms with Crippen molar-refractivity contribution < 1.29 is 16.8 Å². The van der Waals surface area contributed by atoms with Crippen LogP contribution in [0, 0.1) is 0 Å². The smallest absolute Gasteiger partial charge is 0.221 e. The lowest BCUT2D eigenvalue weighted by Crippen LogP contribution is -2.43. The molecular weight excluding hydrogens is 298 g/mol. The minimum absolute atomic E-state index is 0.125. The molecule has 10 heteroatoms. The molecule has 0 saturated carbocycles. The van der Waals surface area contributed by atoms with Crippen molar-refractivity contribution in [3.63, 3.8) is 0 Å². The van der Waals surface area contributed by atoms with E-state index >= 15 is 0 Å². The quantitative estimate of drug-likeness (QED) is 0.548. The Labute approximate surface area is 114 Å². The topological polar surface area (TPSA) is 110 Å². The Bertz CT molecular complexity index is 484. The van der Waals surface area contributed by atoms with Crippen molar-refractivity contribution in [2.75, 3.05) is 26.4 Å². The summed E-state index contributed by atoms with van der Waals surface area (Å²) in [5.74, 6) is -0.313. The minimum Gasteiger partial charge on any atom is -0.392 e. The summed E-state index contributed by atoms with van der Waals surface area (Å²) < 4.78 is 49.6. The molecule has 0 amide bonds. The summed E-state index contributed by atoms with van der Waals surface area (Å²) in [7, 11) is -4.38. The average Bonchev–Trinajstić information content (AvgIpc) is 2.15. The van der Waals surface area contributed by atoms with E-state index < -0.39 is 25.3 Å². The Morgan fingerprint density at radius 3 is 2.17 bits per heavy atom. The van der Waals surface area contributed by atoms with E-state index in [-0.39, 0.29) is 23.7 Å². The lowest BCUT2D eigenvalue weighted by molar-refractivity contribution is 0.519. The fraction of sp³-hybridized carbons (Fsp3) is 0.875. The summed E-state index contributed by atoms with van der Waals surface area (Å²) in [6.45, 7) is 1.43. The van der Waals surface area contributed by atoms with E-state index in [1.165, 1.54) is 14.1 Å². The lowest BCUT2D eigenvalue weighted by atomic mass is 10.3. The first-order chi connectivity index (χ1) is 8.04. The van der Waals surface area contributed by atoms with E-state index in [9.17, 15) is 16.8 Å². The largest absolute Gasteiger partial charge is 0.392 e. The van der Waals surface area contributed by atoms with Gasteiger partial charge in [-0.25, -0.2) is 25.9 Å². The fourth-order valence-corrected chi connectivity index (χ4v) is 3.90. The number of hydrogen-bond donors (Lipinski definition) is 2. The highest BCUT2D eigenvalue weighted by Crippen LogP contribution is 2.04. The molecule has 0 aromatic rings. The number of rotatable bonds is 8. The summed E-state index contributed by atoms with van der Waals surface area (Å²) in [4.78, 5) is -0.125. The molecule has 3 N–H and O–H groups in total. The van der Waals surface area contributed by atoms with E-state index in [1.807, 2.05) is 0 Å². The molecule has 0 aromatic carbocycles. The molecule has 0 rings (SSSR count). The monoisotopic (exact) mass is 317 g/mol. The lowest BCUT2D eigenvalue weighted by Gasteiger charge is -2.16. The predicted octanol–water partition coefficient (Wildman–Crippen LogP) is -1.14. The van der Waals surface area contributed by atoms with E-state index in [4.69, 9.17) is 5.73 Å². The molecule has 0 aromatic heterocycles. The van der Waals surface area contributed by atoms with Crippen LogP contribution in [0.5, 0.6) is 0 Å². The van der Waals surface area contributed by atoms with Gasteiger partial charge in [0.05, 0.1) is 10.7 Å². The second-order valence-electron chi connectivity index (χ2n) is 3.84.